The van der Waals surface area contributed by atoms with E-state index in [1.54, 1.807) is 11.3 Å². The van der Waals surface area contributed by atoms with Crippen LogP contribution in [0.25, 0.3) is 10.2 Å². The molecule has 1 fully saturated rings. The summed E-state index contributed by atoms with van der Waals surface area (Å²) in [6, 6.07) is 0. The maximum atomic E-state index is 9.54. The molecule has 3 N–H and O–H groups in total. The molecule has 0 aliphatic carbocycles. The molecule has 0 spiro atoms. The summed E-state index contributed by atoms with van der Waals surface area (Å²) < 4.78 is 0. The molecule has 6 heteroatoms. The number of hydrogen-bond donors (Lipinski definition) is 2. The third kappa shape index (κ3) is 2.51. The summed E-state index contributed by atoms with van der Waals surface area (Å²) in [5.74, 6) is 1.37. The van der Waals surface area contributed by atoms with Gasteiger partial charge in [0.2, 0.25) is 0 Å². The normalized spacial score (nSPS) is 17.9. The van der Waals surface area contributed by atoms with Gasteiger partial charge in [-0.2, -0.15) is 0 Å². The molecule has 0 saturated carbocycles. The molecule has 2 aromatic heterocycles. The summed E-state index contributed by atoms with van der Waals surface area (Å²) in [6.07, 6.45) is 1.51. The summed E-state index contributed by atoms with van der Waals surface area (Å²) in [4.78, 5) is 13.6. The number of aliphatic hydroxyl groups excluding tert-OH is 1. The van der Waals surface area contributed by atoms with Crippen molar-refractivity contribution < 1.29 is 5.11 Å². The number of nitrogens with two attached hydrogens (primary N) is 1. The summed E-state index contributed by atoms with van der Waals surface area (Å²) in [5, 5.41) is 10.5. The largest absolute Gasteiger partial charge is 0.393 e. The van der Waals surface area contributed by atoms with Crippen LogP contribution in [0.4, 0.5) is 5.82 Å². The fourth-order valence-electron chi connectivity index (χ4n) is 2.67. The number of fused-ring (bicyclic) bond motifs is 1. The minimum atomic E-state index is -0.151. The lowest BCUT2D eigenvalue weighted by Gasteiger charge is -2.28. The average Bonchev–Trinajstić information content (AvgIpc) is 2.68. The zero-order valence-corrected chi connectivity index (χ0v) is 12.7. The summed E-state index contributed by atoms with van der Waals surface area (Å²) in [7, 11) is 0. The molecule has 2 aromatic rings. The number of aromatic nitrogens is 2. The molecule has 0 radical (unpaired) electrons. The predicted octanol–water partition coefficient (Wildman–Crippen LogP) is 1.85. The Morgan fingerprint density at radius 1 is 1.30 bits per heavy atom. The first-order valence-electron chi connectivity index (χ1n) is 6.97. The SMILES string of the molecule is Cc1sc2nc(CN3CCC(O)CC3)nc(N)c2c1C. The van der Waals surface area contributed by atoms with Gasteiger partial charge in [0.1, 0.15) is 16.5 Å². The number of hydrogen-bond acceptors (Lipinski definition) is 6. The number of aliphatic hydroxyl groups is 1. The lowest BCUT2D eigenvalue weighted by molar-refractivity contribution is 0.0781. The minimum absolute atomic E-state index is 0.151. The van der Waals surface area contributed by atoms with Crippen LogP contribution in [0.15, 0.2) is 0 Å². The second-order valence-electron chi connectivity index (χ2n) is 5.50. The highest BCUT2D eigenvalue weighted by Crippen LogP contribution is 2.32. The summed E-state index contributed by atoms with van der Waals surface area (Å²) in [5.41, 5.74) is 7.29. The standard InChI is InChI=1S/C14H20N4OS/c1-8-9(2)20-14-12(8)13(15)16-11(17-14)7-18-5-3-10(19)4-6-18/h10,19H,3-7H2,1-2H3,(H2,15,16,17). The van der Waals surface area contributed by atoms with E-state index >= 15 is 0 Å². The van der Waals surface area contributed by atoms with E-state index in [2.05, 4.69) is 28.7 Å². The van der Waals surface area contributed by atoms with E-state index < -0.39 is 0 Å². The molecular weight excluding hydrogens is 272 g/mol. The van der Waals surface area contributed by atoms with Crippen LogP contribution in [-0.2, 0) is 6.54 Å². The van der Waals surface area contributed by atoms with Gasteiger partial charge in [0.15, 0.2) is 0 Å². The highest BCUT2D eigenvalue weighted by Gasteiger charge is 2.19. The third-order valence-corrected chi connectivity index (χ3v) is 5.13. The maximum Gasteiger partial charge on any atom is 0.146 e. The lowest BCUT2D eigenvalue weighted by atomic mass is 10.1. The molecule has 0 aromatic carbocycles. The van der Waals surface area contributed by atoms with Crippen LogP contribution in [0, 0.1) is 13.8 Å². The van der Waals surface area contributed by atoms with Crippen molar-refractivity contribution in [2.75, 3.05) is 18.8 Å². The Morgan fingerprint density at radius 2 is 2.00 bits per heavy atom. The summed E-state index contributed by atoms with van der Waals surface area (Å²) in [6.45, 7) is 6.66. The highest BCUT2D eigenvalue weighted by atomic mass is 32.1. The number of rotatable bonds is 2. The number of thiophene rings is 1. The van der Waals surface area contributed by atoms with E-state index in [0.717, 1.165) is 42.0 Å². The zero-order valence-electron chi connectivity index (χ0n) is 11.9. The monoisotopic (exact) mass is 292 g/mol. The van der Waals surface area contributed by atoms with Gasteiger partial charge < -0.3 is 10.8 Å². The van der Waals surface area contributed by atoms with E-state index in [4.69, 9.17) is 5.73 Å². The number of likely N-dealkylation sites (tertiary alicyclic amines) is 1. The van der Waals surface area contributed by atoms with Crippen LogP contribution >= 0.6 is 11.3 Å². The van der Waals surface area contributed by atoms with Crippen molar-refractivity contribution in [1.82, 2.24) is 14.9 Å². The van der Waals surface area contributed by atoms with E-state index in [1.165, 1.54) is 10.4 Å². The fourth-order valence-corrected chi connectivity index (χ4v) is 3.73. The predicted molar refractivity (Wildman–Crippen MR) is 81.8 cm³/mol. The van der Waals surface area contributed by atoms with Crippen LogP contribution in [0.1, 0.15) is 29.1 Å². The molecule has 108 valence electrons. The van der Waals surface area contributed by atoms with Crippen molar-refractivity contribution >= 4 is 27.4 Å². The molecule has 1 saturated heterocycles. The Balaban J connectivity index is 1.85. The molecule has 0 unspecified atom stereocenters. The first-order valence-corrected chi connectivity index (χ1v) is 7.78. The Bertz CT molecular complexity index is 632. The molecule has 0 bridgehead atoms. The second kappa shape index (κ2) is 5.27. The van der Waals surface area contributed by atoms with Gasteiger partial charge in [-0.25, -0.2) is 9.97 Å². The van der Waals surface area contributed by atoms with Crippen LogP contribution in [0.3, 0.4) is 0 Å². The Morgan fingerprint density at radius 3 is 2.70 bits per heavy atom. The van der Waals surface area contributed by atoms with Crippen LogP contribution in [-0.4, -0.2) is 39.2 Å². The topological polar surface area (TPSA) is 75.3 Å². The van der Waals surface area contributed by atoms with Crippen LogP contribution < -0.4 is 5.73 Å². The number of piperidine rings is 1. The molecule has 0 atom stereocenters. The van der Waals surface area contributed by atoms with Crippen molar-refractivity contribution in [3.63, 3.8) is 0 Å². The van der Waals surface area contributed by atoms with Crippen molar-refractivity contribution in [1.29, 1.82) is 0 Å². The van der Waals surface area contributed by atoms with E-state index in [-0.39, 0.29) is 6.10 Å². The van der Waals surface area contributed by atoms with Gasteiger partial charge in [-0.3, -0.25) is 4.90 Å². The quantitative estimate of drug-likeness (QED) is 0.883. The average molecular weight is 292 g/mol. The Kier molecular flexibility index (Phi) is 3.62. The smallest absolute Gasteiger partial charge is 0.146 e. The Hall–Kier alpha value is -1.24. The van der Waals surface area contributed by atoms with E-state index in [0.29, 0.717) is 12.4 Å². The molecule has 0 amide bonds. The minimum Gasteiger partial charge on any atom is -0.393 e. The molecule has 1 aliphatic rings. The number of aryl methyl sites for hydroxylation is 2. The van der Waals surface area contributed by atoms with Gasteiger partial charge in [-0.1, -0.05) is 0 Å². The van der Waals surface area contributed by atoms with Crippen molar-refractivity contribution in [3.05, 3.63) is 16.3 Å². The molecule has 20 heavy (non-hydrogen) atoms. The number of nitrogen functional groups attached to an aromatic ring is 1. The lowest BCUT2D eigenvalue weighted by Crippen LogP contribution is -2.35. The highest BCUT2D eigenvalue weighted by molar-refractivity contribution is 7.18. The van der Waals surface area contributed by atoms with Crippen molar-refractivity contribution in [2.45, 2.75) is 39.3 Å². The Labute approximate surface area is 122 Å². The van der Waals surface area contributed by atoms with Gasteiger partial charge >= 0.3 is 0 Å². The molecular formula is C14H20N4OS. The van der Waals surface area contributed by atoms with Gasteiger partial charge in [-0.05, 0) is 32.3 Å². The zero-order chi connectivity index (χ0) is 14.3. The van der Waals surface area contributed by atoms with Crippen molar-refractivity contribution in [2.24, 2.45) is 0 Å². The maximum absolute atomic E-state index is 9.54. The molecule has 3 heterocycles. The van der Waals surface area contributed by atoms with Gasteiger partial charge in [-0.15, -0.1) is 11.3 Å². The fraction of sp³-hybridized carbons (Fsp3) is 0.571. The number of anilines is 1. The van der Waals surface area contributed by atoms with Crippen molar-refractivity contribution in [3.8, 4) is 0 Å². The van der Waals surface area contributed by atoms with Gasteiger partial charge in [0, 0.05) is 18.0 Å². The van der Waals surface area contributed by atoms with Crippen LogP contribution in [0.5, 0.6) is 0 Å². The molecule has 5 nitrogen and oxygen atoms in total. The molecule has 3 rings (SSSR count). The molecule has 1 aliphatic heterocycles. The summed E-state index contributed by atoms with van der Waals surface area (Å²) >= 11 is 1.68. The van der Waals surface area contributed by atoms with E-state index in [9.17, 15) is 5.11 Å². The van der Waals surface area contributed by atoms with Gasteiger partial charge in [0.25, 0.3) is 0 Å². The third-order valence-electron chi connectivity index (χ3n) is 4.03. The first-order chi connectivity index (χ1) is 9.54. The van der Waals surface area contributed by atoms with Crippen LogP contribution in [0.2, 0.25) is 0 Å². The van der Waals surface area contributed by atoms with Gasteiger partial charge in [0.05, 0.1) is 18.0 Å². The second-order valence-corrected chi connectivity index (χ2v) is 6.70. The number of nitrogens with zero attached hydrogens (tertiary/aromatic N) is 3. The first kappa shape index (κ1) is 13.7. The van der Waals surface area contributed by atoms with E-state index in [1.807, 2.05) is 0 Å².